The van der Waals surface area contributed by atoms with Gasteiger partial charge in [0.05, 0.1) is 0 Å². The van der Waals surface area contributed by atoms with Crippen molar-refractivity contribution in [1.29, 1.82) is 0 Å². The van der Waals surface area contributed by atoms with Gasteiger partial charge in [0.2, 0.25) is 0 Å². The van der Waals surface area contributed by atoms with Crippen molar-refractivity contribution < 1.29 is 9.18 Å². The fourth-order valence-corrected chi connectivity index (χ4v) is 2.80. The van der Waals surface area contributed by atoms with E-state index in [-0.39, 0.29) is 5.82 Å². The van der Waals surface area contributed by atoms with Crippen molar-refractivity contribution in [3.8, 4) is 0 Å². The van der Waals surface area contributed by atoms with E-state index in [1.807, 2.05) is 0 Å². The molecule has 5 nitrogen and oxygen atoms in total. The van der Waals surface area contributed by atoms with Gasteiger partial charge in [-0.2, -0.15) is 0 Å². The average Bonchev–Trinajstić information content (AvgIpc) is 2.61. The standard InChI is InChI=1S/C15H23FN4O/c1-11-9-19(2)6-3-7-20(11)10-13-8-12(15(21)18-17)4-5-14(13)16/h4-5,8,11H,3,6-7,9-10,17H2,1-2H3,(H,18,21). The third kappa shape index (κ3) is 4.00. The van der Waals surface area contributed by atoms with E-state index in [1.54, 1.807) is 6.07 Å². The van der Waals surface area contributed by atoms with E-state index < -0.39 is 5.91 Å². The first-order valence-corrected chi connectivity index (χ1v) is 7.23. The molecule has 1 fully saturated rings. The van der Waals surface area contributed by atoms with Crippen LogP contribution in [0.4, 0.5) is 4.39 Å². The first-order valence-electron chi connectivity index (χ1n) is 7.23. The Hall–Kier alpha value is -1.50. The summed E-state index contributed by atoms with van der Waals surface area (Å²) >= 11 is 0. The van der Waals surface area contributed by atoms with Crippen LogP contribution in [0.15, 0.2) is 18.2 Å². The second kappa shape index (κ2) is 6.98. The lowest BCUT2D eigenvalue weighted by Crippen LogP contribution is -2.37. The lowest BCUT2D eigenvalue weighted by Gasteiger charge is -2.28. The molecule has 21 heavy (non-hydrogen) atoms. The zero-order valence-electron chi connectivity index (χ0n) is 12.6. The predicted octanol–water partition coefficient (Wildman–Crippen LogP) is 0.955. The molecule has 1 aromatic carbocycles. The average molecular weight is 294 g/mol. The number of hydrazine groups is 1. The van der Waals surface area contributed by atoms with Gasteiger partial charge in [-0.3, -0.25) is 15.1 Å². The molecule has 0 aliphatic carbocycles. The Labute approximate surface area is 124 Å². The molecular weight excluding hydrogens is 271 g/mol. The maximum absolute atomic E-state index is 14.0. The smallest absolute Gasteiger partial charge is 0.265 e. The van der Waals surface area contributed by atoms with Gasteiger partial charge in [-0.15, -0.1) is 0 Å². The van der Waals surface area contributed by atoms with Gasteiger partial charge < -0.3 is 4.90 Å². The Morgan fingerprint density at radius 3 is 2.95 bits per heavy atom. The van der Waals surface area contributed by atoms with E-state index in [9.17, 15) is 9.18 Å². The minimum atomic E-state index is -0.403. The molecule has 0 spiro atoms. The molecule has 1 amide bonds. The molecule has 1 saturated heterocycles. The monoisotopic (exact) mass is 294 g/mol. The lowest BCUT2D eigenvalue weighted by molar-refractivity contribution is 0.0953. The second-order valence-corrected chi connectivity index (χ2v) is 5.71. The van der Waals surface area contributed by atoms with Crippen molar-refractivity contribution in [1.82, 2.24) is 15.2 Å². The molecule has 116 valence electrons. The number of carbonyl (C=O) groups is 1. The van der Waals surface area contributed by atoms with E-state index in [2.05, 4.69) is 29.2 Å². The number of hydrogen-bond acceptors (Lipinski definition) is 4. The Kier molecular flexibility index (Phi) is 5.27. The van der Waals surface area contributed by atoms with Crippen molar-refractivity contribution in [3.63, 3.8) is 0 Å². The normalized spacial score (nSPS) is 21.0. The molecule has 6 heteroatoms. The highest BCUT2D eigenvalue weighted by molar-refractivity contribution is 5.93. The summed E-state index contributed by atoms with van der Waals surface area (Å²) in [5.41, 5.74) is 2.99. The highest BCUT2D eigenvalue weighted by Gasteiger charge is 2.21. The van der Waals surface area contributed by atoms with Crippen molar-refractivity contribution >= 4 is 5.91 Å². The predicted molar refractivity (Wildman–Crippen MR) is 80.0 cm³/mol. The van der Waals surface area contributed by atoms with Crippen molar-refractivity contribution in [2.45, 2.75) is 25.9 Å². The summed E-state index contributed by atoms with van der Waals surface area (Å²) in [4.78, 5) is 16.1. The van der Waals surface area contributed by atoms with Gasteiger partial charge in [-0.1, -0.05) is 0 Å². The van der Waals surface area contributed by atoms with Crippen molar-refractivity contribution in [2.75, 3.05) is 26.7 Å². The number of rotatable bonds is 3. The van der Waals surface area contributed by atoms with Crippen molar-refractivity contribution in [3.05, 3.63) is 35.1 Å². The number of likely N-dealkylation sites (N-methyl/N-ethyl adjacent to an activating group) is 1. The molecule has 1 aliphatic rings. The summed E-state index contributed by atoms with van der Waals surface area (Å²) in [7, 11) is 2.10. The Morgan fingerprint density at radius 2 is 2.24 bits per heavy atom. The van der Waals surface area contributed by atoms with E-state index in [4.69, 9.17) is 5.84 Å². The van der Waals surface area contributed by atoms with Gasteiger partial charge in [0.25, 0.3) is 5.91 Å². The number of hydrogen-bond donors (Lipinski definition) is 2. The number of nitrogens with two attached hydrogens (primary N) is 1. The molecule has 0 saturated carbocycles. The molecule has 1 aromatic rings. The number of carbonyl (C=O) groups excluding carboxylic acids is 1. The quantitative estimate of drug-likeness (QED) is 0.495. The van der Waals surface area contributed by atoms with Crippen LogP contribution in [0.25, 0.3) is 0 Å². The number of amides is 1. The third-order valence-corrected chi connectivity index (χ3v) is 4.00. The van der Waals surface area contributed by atoms with Gasteiger partial charge in [-0.05, 0) is 45.1 Å². The van der Waals surface area contributed by atoms with Gasteiger partial charge in [0.15, 0.2) is 0 Å². The number of nitrogen functional groups attached to an aromatic ring is 1. The van der Waals surface area contributed by atoms with Crippen LogP contribution < -0.4 is 11.3 Å². The molecular formula is C15H23FN4O. The number of halogens is 1. The number of nitrogens with zero attached hydrogens (tertiary/aromatic N) is 2. The highest BCUT2D eigenvalue weighted by atomic mass is 19.1. The van der Waals surface area contributed by atoms with Crippen LogP contribution in [0.2, 0.25) is 0 Å². The van der Waals surface area contributed by atoms with Crippen LogP contribution in [-0.4, -0.2) is 48.4 Å². The zero-order chi connectivity index (χ0) is 15.4. The van der Waals surface area contributed by atoms with E-state index in [0.29, 0.717) is 23.7 Å². The third-order valence-electron chi connectivity index (χ3n) is 4.00. The molecule has 0 bridgehead atoms. The van der Waals surface area contributed by atoms with E-state index in [0.717, 1.165) is 26.1 Å². The maximum Gasteiger partial charge on any atom is 0.265 e. The molecule has 1 aliphatic heterocycles. The topological polar surface area (TPSA) is 61.6 Å². The minimum absolute atomic E-state index is 0.284. The Bertz CT molecular complexity index is 508. The SMILES string of the molecule is CC1CN(C)CCCN1Cc1cc(C(=O)NN)ccc1F. The van der Waals surface area contributed by atoms with Crippen molar-refractivity contribution in [2.24, 2.45) is 5.84 Å². The Balaban J connectivity index is 2.16. The first kappa shape index (κ1) is 15.9. The maximum atomic E-state index is 14.0. The van der Waals surface area contributed by atoms with Gasteiger partial charge in [0, 0.05) is 36.8 Å². The fraction of sp³-hybridized carbons (Fsp3) is 0.533. The molecule has 2 rings (SSSR count). The first-order chi connectivity index (χ1) is 10.0. The van der Waals surface area contributed by atoms with E-state index in [1.165, 1.54) is 12.1 Å². The molecule has 1 unspecified atom stereocenters. The largest absolute Gasteiger partial charge is 0.305 e. The molecule has 1 heterocycles. The summed E-state index contributed by atoms with van der Waals surface area (Å²) in [6.45, 7) is 5.60. The van der Waals surface area contributed by atoms with Crippen LogP contribution in [0.5, 0.6) is 0 Å². The van der Waals surface area contributed by atoms with Gasteiger partial charge >= 0.3 is 0 Å². The van der Waals surface area contributed by atoms with Crippen LogP contribution >= 0.6 is 0 Å². The zero-order valence-corrected chi connectivity index (χ0v) is 12.6. The summed E-state index contributed by atoms with van der Waals surface area (Å²) < 4.78 is 14.0. The lowest BCUT2D eigenvalue weighted by atomic mass is 10.1. The minimum Gasteiger partial charge on any atom is -0.305 e. The van der Waals surface area contributed by atoms with Crippen LogP contribution in [0.1, 0.15) is 29.3 Å². The molecule has 3 N–H and O–H groups in total. The summed E-state index contributed by atoms with van der Waals surface area (Å²) in [6.07, 6.45) is 1.06. The van der Waals surface area contributed by atoms with E-state index >= 15 is 0 Å². The summed E-state index contributed by atoms with van der Waals surface area (Å²) in [5.74, 6) is 4.44. The number of benzene rings is 1. The molecule has 0 radical (unpaired) electrons. The second-order valence-electron chi connectivity index (χ2n) is 5.71. The number of nitrogens with one attached hydrogen (secondary N) is 1. The van der Waals surface area contributed by atoms with Crippen LogP contribution in [0.3, 0.4) is 0 Å². The summed E-state index contributed by atoms with van der Waals surface area (Å²) in [6, 6.07) is 4.71. The molecule has 0 aromatic heterocycles. The van der Waals surface area contributed by atoms with Gasteiger partial charge in [0.1, 0.15) is 5.82 Å². The van der Waals surface area contributed by atoms with Crippen LogP contribution in [-0.2, 0) is 6.54 Å². The highest BCUT2D eigenvalue weighted by Crippen LogP contribution is 2.17. The fourth-order valence-electron chi connectivity index (χ4n) is 2.80. The summed E-state index contributed by atoms with van der Waals surface area (Å²) in [5, 5.41) is 0. The Morgan fingerprint density at radius 1 is 1.48 bits per heavy atom. The van der Waals surface area contributed by atoms with Gasteiger partial charge in [-0.25, -0.2) is 10.2 Å². The van der Waals surface area contributed by atoms with Crippen LogP contribution in [0, 0.1) is 5.82 Å². The molecule has 1 atom stereocenters.